The van der Waals surface area contributed by atoms with Gasteiger partial charge < -0.3 is 15.1 Å². The number of anilines is 1. The lowest BCUT2D eigenvalue weighted by Gasteiger charge is -2.13. The maximum absolute atomic E-state index is 12.4. The highest BCUT2D eigenvalue weighted by Crippen LogP contribution is 2.22. The number of amides is 1. The molecule has 8 heteroatoms. The Kier molecular flexibility index (Phi) is 4.07. The van der Waals surface area contributed by atoms with Gasteiger partial charge in [-0.15, -0.1) is 10.2 Å². The van der Waals surface area contributed by atoms with Crippen LogP contribution in [0.2, 0.25) is 0 Å². The van der Waals surface area contributed by atoms with E-state index in [0.29, 0.717) is 27.5 Å². The first-order chi connectivity index (χ1) is 11.0. The molecule has 0 radical (unpaired) electrons. The van der Waals surface area contributed by atoms with Crippen molar-refractivity contribution in [2.24, 2.45) is 0 Å². The number of rotatable bonds is 4. The van der Waals surface area contributed by atoms with Crippen LogP contribution in [-0.4, -0.2) is 33.0 Å². The molecule has 7 nitrogen and oxygen atoms in total. The van der Waals surface area contributed by atoms with E-state index in [-0.39, 0.29) is 12.5 Å². The zero-order chi connectivity index (χ0) is 16.4. The van der Waals surface area contributed by atoms with Crippen molar-refractivity contribution in [1.82, 2.24) is 20.1 Å². The van der Waals surface area contributed by atoms with E-state index in [4.69, 9.17) is 10.2 Å². The van der Waals surface area contributed by atoms with Gasteiger partial charge in [0.2, 0.25) is 11.8 Å². The van der Waals surface area contributed by atoms with E-state index < -0.39 is 0 Å². The predicted octanol–water partition coefficient (Wildman–Crippen LogP) is 2.36. The quantitative estimate of drug-likeness (QED) is 0.789. The maximum atomic E-state index is 12.4. The molecular formula is C15H15N5O2S. The summed E-state index contributed by atoms with van der Waals surface area (Å²) in [5, 5.41) is 8.38. The predicted molar refractivity (Wildman–Crippen MR) is 86.8 cm³/mol. The van der Waals surface area contributed by atoms with Crippen molar-refractivity contribution in [2.45, 2.75) is 13.5 Å². The lowest BCUT2D eigenvalue weighted by Crippen LogP contribution is -2.26. The van der Waals surface area contributed by atoms with Gasteiger partial charge in [-0.2, -0.15) is 0 Å². The Balaban J connectivity index is 1.73. The van der Waals surface area contributed by atoms with Crippen LogP contribution in [0, 0.1) is 6.92 Å². The third-order valence-electron chi connectivity index (χ3n) is 3.21. The Hall–Kier alpha value is -2.74. The minimum absolute atomic E-state index is 0.170. The summed E-state index contributed by atoms with van der Waals surface area (Å²) in [5.74, 6) is 0.630. The molecule has 0 aliphatic carbocycles. The highest BCUT2D eigenvalue weighted by Gasteiger charge is 2.20. The van der Waals surface area contributed by atoms with Gasteiger partial charge in [-0.25, -0.2) is 4.98 Å². The second-order valence-electron chi connectivity index (χ2n) is 4.99. The van der Waals surface area contributed by atoms with E-state index in [0.717, 1.165) is 5.56 Å². The Labute approximate surface area is 136 Å². The van der Waals surface area contributed by atoms with Crippen LogP contribution < -0.4 is 5.73 Å². The van der Waals surface area contributed by atoms with E-state index in [1.54, 1.807) is 14.0 Å². The summed E-state index contributed by atoms with van der Waals surface area (Å²) in [6, 6.07) is 9.47. The van der Waals surface area contributed by atoms with Crippen LogP contribution in [-0.2, 0) is 6.54 Å². The highest BCUT2D eigenvalue weighted by atomic mass is 32.1. The van der Waals surface area contributed by atoms with Gasteiger partial charge in [-0.1, -0.05) is 29.5 Å². The highest BCUT2D eigenvalue weighted by molar-refractivity contribution is 7.17. The molecule has 0 atom stereocenters. The van der Waals surface area contributed by atoms with Crippen LogP contribution in [0.5, 0.6) is 0 Å². The molecule has 0 saturated heterocycles. The molecule has 2 heterocycles. The van der Waals surface area contributed by atoms with E-state index >= 15 is 0 Å². The molecule has 2 aromatic heterocycles. The van der Waals surface area contributed by atoms with Crippen LogP contribution >= 0.6 is 11.3 Å². The molecule has 0 unspecified atom stereocenters. The number of carbonyl (C=O) groups is 1. The largest absolute Gasteiger partial charge is 0.419 e. The third kappa shape index (κ3) is 3.21. The van der Waals surface area contributed by atoms with E-state index in [1.807, 2.05) is 30.3 Å². The third-order valence-corrected chi connectivity index (χ3v) is 4.19. The van der Waals surface area contributed by atoms with Gasteiger partial charge in [-0.05, 0) is 19.1 Å². The zero-order valence-corrected chi connectivity index (χ0v) is 13.5. The Morgan fingerprint density at radius 3 is 2.70 bits per heavy atom. The number of nitrogens with zero attached hydrogens (tertiary/aromatic N) is 4. The van der Waals surface area contributed by atoms with Crippen molar-refractivity contribution < 1.29 is 9.21 Å². The number of aromatic nitrogens is 3. The summed E-state index contributed by atoms with van der Waals surface area (Å²) >= 11 is 1.17. The van der Waals surface area contributed by atoms with Crippen LogP contribution in [0.15, 0.2) is 34.7 Å². The molecule has 0 aliphatic heterocycles. The number of aryl methyl sites for hydroxylation is 1. The van der Waals surface area contributed by atoms with Crippen molar-refractivity contribution in [1.29, 1.82) is 0 Å². The molecule has 118 valence electrons. The Bertz CT molecular complexity index is 828. The second kappa shape index (κ2) is 6.17. The maximum Gasteiger partial charge on any atom is 0.266 e. The van der Waals surface area contributed by atoms with E-state index in [2.05, 4.69) is 15.2 Å². The number of thiazole rings is 1. The summed E-state index contributed by atoms with van der Waals surface area (Å²) in [7, 11) is 1.67. The molecular weight excluding hydrogens is 314 g/mol. The first-order valence-electron chi connectivity index (χ1n) is 6.91. The molecule has 2 N–H and O–H groups in total. The summed E-state index contributed by atoms with van der Waals surface area (Å²) in [6.45, 7) is 1.98. The number of carbonyl (C=O) groups excluding carboxylic acids is 1. The van der Waals surface area contributed by atoms with Crippen molar-refractivity contribution in [3.8, 4) is 11.5 Å². The van der Waals surface area contributed by atoms with Crippen LogP contribution in [0.25, 0.3) is 11.5 Å². The Morgan fingerprint density at radius 2 is 2.04 bits per heavy atom. The van der Waals surface area contributed by atoms with E-state index in [1.165, 1.54) is 16.2 Å². The van der Waals surface area contributed by atoms with Crippen molar-refractivity contribution in [3.63, 3.8) is 0 Å². The smallest absolute Gasteiger partial charge is 0.266 e. The molecule has 3 aromatic rings. The number of hydrogen-bond acceptors (Lipinski definition) is 7. The fourth-order valence-electron chi connectivity index (χ4n) is 2.08. The number of nitrogen functional groups attached to an aromatic ring is 1. The molecule has 0 saturated carbocycles. The number of benzene rings is 1. The average molecular weight is 329 g/mol. The lowest BCUT2D eigenvalue weighted by molar-refractivity contribution is 0.0777. The molecule has 1 amide bonds. The normalized spacial score (nSPS) is 10.7. The topological polar surface area (TPSA) is 98.1 Å². The van der Waals surface area contributed by atoms with Crippen molar-refractivity contribution in [2.75, 3.05) is 12.8 Å². The van der Waals surface area contributed by atoms with Crippen molar-refractivity contribution in [3.05, 3.63) is 46.8 Å². The standard InChI is InChI=1S/C15H15N5O2S/c1-9-12(23-15(16)17-9)14(21)20(2)8-11-18-19-13(22-11)10-6-4-3-5-7-10/h3-7H,8H2,1-2H3,(H2,16,17). The SMILES string of the molecule is Cc1nc(N)sc1C(=O)N(C)Cc1nnc(-c2ccccc2)o1. The summed E-state index contributed by atoms with van der Waals surface area (Å²) < 4.78 is 5.61. The molecule has 0 fully saturated rings. The molecule has 1 aromatic carbocycles. The van der Waals surface area contributed by atoms with Crippen LogP contribution in [0.4, 0.5) is 5.13 Å². The summed E-state index contributed by atoms with van der Waals surface area (Å²) in [4.78, 5) is 18.5. The minimum atomic E-state index is -0.170. The van der Waals surface area contributed by atoms with Gasteiger partial charge in [0.1, 0.15) is 4.88 Å². The van der Waals surface area contributed by atoms with Gasteiger partial charge >= 0.3 is 0 Å². The molecule has 3 rings (SSSR count). The van der Waals surface area contributed by atoms with Crippen LogP contribution in [0.3, 0.4) is 0 Å². The zero-order valence-electron chi connectivity index (χ0n) is 12.7. The summed E-state index contributed by atoms with van der Waals surface area (Å²) in [6.07, 6.45) is 0. The first-order valence-corrected chi connectivity index (χ1v) is 7.72. The van der Waals surface area contributed by atoms with Gasteiger partial charge in [0, 0.05) is 12.6 Å². The second-order valence-corrected chi connectivity index (χ2v) is 6.03. The van der Waals surface area contributed by atoms with Crippen LogP contribution in [0.1, 0.15) is 21.3 Å². The fraction of sp³-hybridized carbons (Fsp3) is 0.200. The van der Waals surface area contributed by atoms with Gasteiger partial charge in [0.15, 0.2) is 5.13 Å². The molecule has 23 heavy (non-hydrogen) atoms. The fourth-order valence-corrected chi connectivity index (χ4v) is 2.91. The first kappa shape index (κ1) is 15.2. The Morgan fingerprint density at radius 1 is 1.30 bits per heavy atom. The lowest BCUT2D eigenvalue weighted by atomic mass is 10.2. The van der Waals surface area contributed by atoms with Gasteiger partial charge in [0.05, 0.1) is 12.2 Å². The summed E-state index contributed by atoms with van der Waals surface area (Å²) in [5.41, 5.74) is 7.10. The number of nitrogens with two attached hydrogens (primary N) is 1. The number of hydrogen-bond donors (Lipinski definition) is 1. The molecule has 0 bridgehead atoms. The van der Waals surface area contributed by atoms with E-state index in [9.17, 15) is 4.79 Å². The average Bonchev–Trinajstić information content (AvgIpc) is 3.13. The molecule has 0 aliphatic rings. The monoisotopic (exact) mass is 329 g/mol. The van der Waals surface area contributed by atoms with Gasteiger partial charge in [-0.3, -0.25) is 4.79 Å². The van der Waals surface area contributed by atoms with Gasteiger partial charge in [0.25, 0.3) is 5.91 Å². The van der Waals surface area contributed by atoms with Crippen molar-refractivity contribution >= 4 is 22.4 Å². The minimum Gasteiger partial charge on any atom is -0.419 e. The molecule has 0 spiro atoms.